The largest absolute Gasteiger partial charge is 0.493 e. The molecular weight excluding hydrogens is 384 g/mol. The summed E-state index contributed by atoms with van der Waals surface area (Å²) in [6, 6.07) is 4.87. The number of hydrogen-bond donors (Lipinski definition) is 2. The van der Waals surface area contributed by atoms with E-state index in [1.54, 1.807) is 12.1 Å². The highest BCUT2D eigenvalue weighted by Gasteiger charge is 2.15. The molecule has 1 aliphatic rings. The molecule has 0 aliphatic carbocycles. The second-order valence-corrected chi connectivity index (χ2v) is 6.55. The van der Waals surface area contributed by atoms with Gasteiger partial charge in [-0.3, -0.25) is 0 Å². The normalized spacial score (nSPS) is 16.9. The van der Waals surface area contributed by atoms with Gasteiger partial charge in [0, 0.05) is 26.3 Å². The lowest BCUT2D eigenvalue weighted by molar-refractivity contribution is -0.0512. The fraction of sp³-hybridized carbons (Fsp3) is 0.650. The van der Waals surface area contributed by atoms with Crippen LogP contribution in [-0.2, 0) is 16.0 Å². The van der Waals surface area contributed by atoms with E-state index in [0.29, 0.717) is 38.8 Å². The van der Waals surface area contributed by atoms with Crippen molar-refractivity contribution in [1.82, 2.24) is 10.6 Å². The first-order chi connectivity index (χ1) is 14.1. The molecule has 1 fully saturated rings. The third-order valence-electron chi connectivity index (χ3n) is 4.29. The third kappa shape index (κ3) is 8.82. The molecule has 1 unspecified atom stereocenters. The maximum absolute atomic E-state index is 12.6. The van der Waals surface area contributed by atoms with Crippen molar-refractivity contribution in [1.29, 1.82) is 0 Å². The van der Waals surface area contributed by atoms with Gasteiger partial charge in [-0.2, -0.15) is 8.78 Å². The van der Waals surface area contributed by atoms with Crippen LogP contribution in [0, 0.1) is 0 Å². The summed E-state index contributed by atoms with van der Waals surface area (Å²) in [7, 11) is 1.41. The Bertz CT molecular complexity index is 626. The van der Waals surface area contributed by atoms with Crippen molar-refractivity contribution in [3.8, 4) is 11.5 Å². The van der Waals surface area contributed by atoms with E-state index in [1.165, 1.54) is 13.2 Å². The van der Waals surface area contributed by atoms with Crippen molar-refractivity contribution < 1.29 is 27.7 Å². The molecule has 0 spiro atoms. The molecule has 1 saturated heterocycles. The van der Waals surface area contributed by atoms with Gasteiger partial charge in [0.2, 0.25) is 0 Å². The van der Waals surface area contributed by atoms with Crippen molar-refractivity contribution in [3.63, 3.8) is 0 Å². The van der Waals surface area contributed by atoms with Gasteiger partial charge in [-0.05, 0) is 43.9 Å². The fourth-order valence-corrected chi connectivity index (χ4v) is 2.89. The van der Waals surface area contributed by atoms with Crippen LogP contribution in [-0.4, -0.2) is 58.7 Å². The SMILES string of the molecule is CCNC(=NCc1ccc(OC)c(OC(F)F)c1)NCCCOCC1CCCO1. The topological polar surface area (TPSA) is 73.3 Å². The van der Waals surface area contributed by atoms with Gasteiger partial charge in [0.05, 0.1) is 26.4 Å². The van der Waals surface area contributed by atoms with Gasteiger partial charge in [-0.15, -0.1) is 0 Å². The highest BCUT2D eigenvalue weighted by molar-refractivity contribution is 5.79. The predicted octanol–water partition coefficient (Wildman–Crippen LogP) is 2.94. The van der Waals surface area contributed by atoms with Gasteiger partial charge in [0.1, 0.15) is 0 Å². The second-order valence-electron chi connectivity index (χ2n) is 6.55. The zero-order valence-corrected chi connectivity index (χ0v) is 17.1. The molecule has 29 heavy (non-hydrogen) atoms. The lowest BCUT2D eigenvalue weighted by atomic mass is 10.2. The Kier molecular flexibility index (Phi) is 10.5. The first-order valence-electron chi connectivity index (χ1n) is 9.95. The number of hydrogen-bond acceptors (Lipinski definition) is 5. The Morgan fingerprint density at radius 1 is 1.31 bits per heavy atom. The Hall–Kier alpha value is -2.13. The van der Waals surface area contributed by atoms with Gasteiger partial charge in [0.25, 0.3) is 0 Å². The number of rotatable bonds is 12. The van der Waals surface area contributed by atoms with Gasteiger partial charge in [-0.1, -0.05) is 6.07 Å². The van der Waals surface area contributed by atoms with Crippen LogP contribution in [0.3, 0.4) is 0 Å². The molecule has 2 N–H and O–H groups in total. The molecule has 1 aliphatic heterocycles. The summed E-state index contributed by atoms with van der Waals surface area (Å²) >= 11 is 0. The molecule has 0 amide bonds. The van der Waals surface area contributed by atoms with E-state index in [0.717, 1.165) is 31.4 Å². The number of nitrogens with one attached hydrogen (secondary N) is 2. The van der Waals surface area contributed by atoms with E-state index >= 15 is 0 Å². The molecule has 1 aromatic rings. The average molecular weight is 415 g/mol. The predicted molar refractivity (Wildman–Crippen MR) is 107 cm³/mol. The van der Waals surface area contributed by atoms with Gasteiger partial charge >= 0.3 is 6.61 Å². The van der Waals surface area contributed by atoms with Crippen LogP contribution in [0.15, 0.2) is 23.2 Å². The minimum atomic E-state index is -2.91. The number of ether oxygens (including phenoxy) is 4. The van der Waals surface area contributed by atoms with Gasteiger partial charge < -0.3 is 29.6 Å². The van der Waals surface area contributed by atoms with Crippen LogP contribution in [0.2, 0.25) is 0 Å². The highest BCUT2D eigenvalue weighted by atomic mass is 19.3. The van der Waals surface area contributed by atoms with Crippen LogP contribution in [0.1, 0.15) is 31.7 Å². The molecule has 7 nitrogen and oxygen atoms in total. The van der Waals surface area contributed by atoms with Crippen molar-refractivity contribution in [2.45, 2.75) is 45.4 Å². The smallest absolute Gasteiger partial charge is 0.387 e. The number of halogens is 2. The minimum Gasteiger partial charge on any atom is -0.493 e. The molecule has 0 radical (unpaired) electrons. The van der Waals surface area contributed by atoms with E-state index < -0.39 is 6.61 Å². The van der Waals surface area contributed by atoms with E-state index in [-0.39, 0.29) is 17.6 Å². The zero-order valence-electron chi connectivity index (χ0n) is 17.1. The Labute approximate surface area is 170 Å². The van der Waals surface area contributed by atoms with Crippen LogP contribution >= 0.6 is 0 Å². The first-order valence-corrected chi connectivity index (χ1v) is 9.95. The molecule has 1 heterocycles. The lowest BCUT2D eigenvalue weighted by Gasteiger charge is -2.13. The summed E-state index contributed by atoms with van der Waals surface area (Å²) in [5.74, 6) is 0.904. The van der Waals surface area contributed by atoms with Crippen molar-refractivity contribution in [2.75, 3.05) is 40.0 Å². The average Bonchev–Trinajstić information content (AvgIpc) is 3.22. The molecular formula is C20H31F2N3O4. The van der Waals surface area contributed by atoms with Crippen LogP contribution in [0.4, 0.5) is 8.78 Å². The summed E-state index contributed by atoms with van der Waals surface area (Å²) in [5, 5.41) is 6.40. The van der Waals surface area contributed by atoms with E-state index in [1.807, 2.05) is 6.92 Å². The van der Waals surface area contributed by atoms with E-state index in [4.69, 9.17) is 14.2 Å². The van der Waals surface area contributed by atoms with Gasteiger partial charge in [0.15, 0.2) is 17.5 Å². The molecule has 1 aromatic carbocycles. The van der Waals surface area contributed by atoms with Gasteiger partial charge in [-0.25, -0.2) is 4.99 Å². The maximum Gasteiger partial charge on any atom is 0.387 e. The molecule has 0 saturated carbocycles. The van der Waals surface area contributed by atoms with Crippen molar-refractivity contribution in [3.05, 3.63) is 23.8 Å². The molecule has 0 aromatic heterocycles. The summed E-state index contributed by atoms with van der Waals surface area (Å²) in [6.07, 6.45) is 3.27. The number of aliphatic imine (C=N–C) groups is 1. The summed E-state index contributed by atoms with van der Waals surface area (Å²) in [6.45, 7) is 2.93. The van der Waals surface area contributed by atoms with Crippen molar-refractivity contribution in [2.24, 2.45) is 4.99 Å². The lowest BCUT2D eigenvalue weighted by Crippen LogP contribution is -2.38. The minimum absolute atomic E-state index is 0.00319. The van der Waals surface area contributed by atoms with Crippen molar-refractivity contribution >= 4 is 5.96 Å². The number of benzene rings is 1. The maximum atomic E-state index is 12.6. The Morgan fingerprint density at radius 3 is 2.86 bits per heavy atom. The Morgan fingerprint density at radius 2 is 2.17 bits per heavy atom. The quantitative estimate of drug-likeness (QED) is 0.311. The second kappa shape index (κ2) is 13.2. The van der Waals surface area contributed by atoms with E-state index in [9.17, 15) is 8.78 Å². The number of methoxy groups -OCH3 is 1. The van der Waals surface area contributed by atoms with Crippen LogP contribution < -0.4 is 20.1 Å². The van der Waals surface area contributed by atoms with E-state index in [2.05, 4.69) is 20.4 Å². The standard InChI is InChI=1S/C20H31F2N3O4/c1-3-23-20(24-9-5-10-27-14-16-6-4-11-28-16)25-13-15-7-8-17(26-2)18(12-15)29-19(21)22/h7-8,12,16,19H,3-6,9-11,13-14H2,1-2H3,(H2,23,24,25). The zero-order chi connectivity index (χ0) is 20.9. The van der Waals surface area contributed by atoms with Crippen LogP contribution in [0.25, 0.3) is 0 Å². The summed E-state index contributed by atoms with van der Waals surface area (Å²) in [4.78, 5) is 4.49. The summed E-state index contributed by atoms with van der Waals surface area (Å²) < 4.78 is 45.8. The molecule has 9 heteroatoms. The number of nitrogens with zero attached hydrogens (tertiary/aromatic N) is 1. The van der Waals surface area contributed by atoms with Crippen LogP contribution in [0.5, 0.6) is 11.5 Å². The molecule has 2 rings (SSSR count). The summed E-state index contributed by atoms with van der Waals surface area (Å²) in [5.41, 5.74) is 0.735. The fourth-order valence-electron chi connectivity index (χ4n) is 2.89. The third-order valence-corrected chi connectivity index (χ3v) is 4.29. The molecule has 0 bridgehead atoms. The molecule has 1 atom stereocenters. The number of alkyl halides is 2. The highest BCUT2D eigenvalue weighted by Crippen LogP contribution is 2.29. The first kappa shape index (κ1) is 23.2. The monoisotopic (exact) mass is 415 g/mol. The molecule has 164 valence electrons. The number of guanidine groups is 1. The Balaban J connectivity index is 1.78.